The van der Waals surface area contributed by atoms with E-state index in [2.05, 4.69) is 13.0 Å². The molecule has 0 aromatic carbocycles. The third kappa shape index (κ3) is 5.53. The molecule has 5 nitrogen and oxygen atoms in total. The highest BCUT2D eigenvalue weighted by atomic mass is 16.4. The van der Waals surface area contributed by atoms with Gasteiger partial charge < -0.3 is 15.3 Å². The second kappa shape index (κ2) is 11.1. The molecule has 0 aliphatic heterocycles. The lowest BCUT2D eigenvalue weighted by molar-refractivity contribution is -0.137. The van der Waals surface area contributed by atoms with Gasteiger partial charge in [-0.2, -0.15) is 0 Å². The number of carboxylic acids is 1. The Bertz CT molecular complexity index is 701. The van der Waals surface area contributed by atoms with Gasteiger partial charge in [-0.05, 0) is 62.7 Å². The fraction of sp³-hybridized carbons (Fsp3) is 0.778. The Morgan fingerprint density at radius 1 is 1.12 bits per heavy atom. The van der Waals surface area contributed by atoms with Crippen molar-refractivity contribution in [2.24, 2.45) is 22.7 Å². The molecule has 0 saturated heterocycles. The van der Waals surface area contributed by atoms with Crippen molar-refractivity contribution >= 4 is 11.8 Å². The van der Waals surface area contributed by atoms with Crippen LogP contribution in [0.5, 0.6) is 0 Å². The van der Waals surface area contributed by atoms with E-state index in [4.69, 9.17) is 5.11 Å². The lowest BCUT2D eigenvalue weighted by atomic mass is 9.60. The van der Waals surface area contributed by atoms with Gasteiger partial charge in [0.15, 0.2) is 0 Å². The first-order valence-corrected chi connectivity index (χ1v) is 12.7. The summed E-state index contributed by atoms with van der Waals surface area (Å²) < 4.78 is 0. The Morgan fingerprint density at radius 3 is 2.47 bits per heavy atom. The van der Waals surface area contributed by atoms with Gasteiger partial charge in [-0.3, -0.25) is 9.59 Å². The summed E-state index contributed by atoms with van der Waals surface area (Å²) in [5.74, 6) is -0.556. The van der Waals surface area contributed by atoms with Crippen LogP contribution in [0.15, 0.2) is 24.3 Å². The Labute approximate surface area is 193 Å². The first kappa shape index (κ1) is 25.2. The summed E-state index contributed by atoms with van der Waals surface area (Å²) in [6, 6.07) is 0. The SMILES string of the molecule is CC1(C(O)CC=C[C@H]2C(O)CC(=O)[C@@]2(CC=CCCCC(=O)O)C2CCCCC2)CCC1. The zero-order valence-corrected chi connectivity index (χ0v) is 19.7. The van der Waals surface area contributed by atoms with Crippen molar-refractivity contribution in [3.8, 4) is 0 Å². The number of hydrogen-bond donors (Lipinski definition) is 3. The molecular weight excluding hydrogens is 404 g/mol. The standard InChI is InChI=1S/C27H42O5/c1-26(16-10-17-26)23(29)14-9-13-21-22(28)19-24(30)27(21,20-11-5-4-6-12-20)18-8-3-2-7-15-25(31)32/h3,8-9,13,20-23,28-29H,2,4-7,10-12,14-19H2,1H3,(H,31,32)/t21-,22?,23?,27-/m0/s1. The zero-order chi connectivity index (χ0) is 23.2. The van der Waals surface area contributed by atoms with Gasteiger partial charge in [-0.1, -0.05) is 56.9 Å². The molecule has 3 aliphatic carbocycles. The Kier molecular flexibility index (Phi) is 8.74. The summed E-state index contributed by atoms with van der Waals surface area (Å²) in [5, 5.41) is 30.3. The average Bonchev–Trinajstić information content (AvgIpc) is 2.99. The number of rotatable bonds is 11. The van der Waals surface area contributed by atoms with Crippen LogP contribution in [-0.4, -0.2) is 39.3 Å². The van der Waals surface area contributed by atoms with Crippen molar-refractivity contribution in [3.05, 3.63) is 24.3 Å². The zero-order valence-electron chi connectivity index (χ0n) is 19.7. The van der Waals surface area contributed by atoms with Crippen molar-refractivity contribution in [3.63, 3.8) is 0 Å². The quantitative estimate of drug-likeness (QED) is 0.299. The van der Waals surface area contributed by atoms with E-state index < -0.39 is 17.5 Å². The van der Waals surface area contributed by atoms with Crippen molar-refractivity contribution in [1.29, 1.82) is 0 Å². The lowest BCUT2D eigenvalue weighted by Crippen LogP contribution is -2.42. The third-order valence-corrected chi connectivity index (χ3v) is 8.64. The molecule has 32 heavy (non-hydrogen) atoms. The molecule has 2 unspecified atom stereocenters. The van der Waals surface area contributed by atoms with Gasteiger partial charge in [0.1, 0.15) is 5.78 Å². The van der Waals surface area contributed by atoms with Crippen molar-refractivity contribution in [1.82, 2.24) is 0 Å². The van der Waals surface area contributed by atoms with E-state index in [1.807, 2.05) is 18.2 Å². The Balaban J connectivity index is 1.74. The molecule has 0 radical (unpaired) electrons. The molecule has 4 atom stereocenters. The summed E-state index contributed by atoms with van der Waals surface area (Å²) in [6.07, 6.45) is 18.7. The van der Waals surface area contributed by atoms with Crippen LogP contribution in [-0.2, 0) is 9.59 Å². The summed E-state index contributed by atoms with van der Waals surface area (Å²) in [6.45, 7) is 2.14. The maximum Gasteiger partial charge on any atom is 0.303 e. The molecule has 3 aliphatic rings. The Hall–Kier alpha value is -1.46. The van der Waals surface area contributed by atoms with Gasteiger partial charge >= 0.3 is 5.97 Å². The predicted molar refractivity (Wildman–Crippen MR) is 125 cm³/mol. The number of aliphatic hydroxyl groups is 2. The van der Waals surface area contributed by atoms with Gasteiger partial charge in [0.25, 0.3) is 0 Å². The number of carbonyl (C=O) groups is 2. The smallest absolute Gasteiger partial charge is 0.303 e. The van der Waals surface area contributed by atoms with Gasteiger partial charge in [0.05, 0.1) is 12.2 Å². The molecular formula is C27H42O5. The molecule has 0 aromatic heterocycles. The number of carboxylic acid groups (broad SMARTS) is 1. The van der Waals surface area contributed by atoms with E-state index in [1.165, 1.54) is 12.8 Å². The normalized spacial score (nSPS) is 31.9. The molecule has 3 N–H and O–H groups in total. The maximum absolute atomic E-state index is 13.4. The first-order chi connectivity index (χ1) is 15.3. The van der Waals surface area contributed by atoms with Crippen LogP contribution in [0.2, 0.25) is 0 Å². The highest BCUT2D eigenvalue weighted by Crippen LogP contribution is 2.54. The van der Waals surface area contributed by atoms with Gasteiger partial charge in [-0.15, -0.1) is 0 Å². The maximum atomic E-state index is 13.4. The van der Waals surface area contributed by atoms with E-state index in [0.29, 0.717) is 25.7 Å². The number of unbranched alkanes of at least 4 members (excludes halogenated alkanes) is 1. The fourth-order valence-corrected chi connectivity index (χ4v) is 6.34. The molecule has 3 rings (SSSR count). The topological polar surface area (TPSA) is 94.8 Å². The van der Waals surface area contributed by atoms with Crippen LogP contribution in [0.3, 0.4) is 0 Å². The Morgan fingerprint density at radius 2 is 1.84 bits per heavy atom. The molecule has 180 valence electrons. The number of Topliss-reactive ketones (excluding diaryl/α,β-unsaturated/α-hetero) is 1. The average molecular weight is 447 g/mol. The molecule has 5 heteroatoms. The minimum atomic E-state index is -0.783. The highest BCUT2D eigenvalue weighted by molar-refractivity contribution is 5.89. The van der Waals surface area contributed by atoms with E-state index in [1.54, 1.807) is 0 Å². The van der Waals surface area contributed by atoms with Crippen LogP contribution >= 0.6 is 0 Å². The number of carbonyl (C=O) groups excluding carboxylic acids is 1. The molecule has 3 saturated carbocycles. The molecule has 0 heterocycles. The van der Waals surface area contributed by atoms with Crippen molar-refractivity contribution < 1.29 is 24.9 Å². The van der Waals surface area contributed by atoms with Gasteiger partial charge in [-0.25, -0.2) is 0 Å². The van der Waals surface area contributed by atoms with Crippen molar-refractivity contribution in [2.75, 3.05) is 0 Å². The van der Waals surface area contributed by atoms with Crippen LogP contribution < -0.4 is 0 Å². The van der Waals surface area contributed by atoms with Crippen molar-refractivity contribution in [2.45, 2.75) is 109 Å². The molecule has 0 aromatic rings. The second-order valence-electron chi connectivity index (χ2n) is 10.7. The number of aliphatic carboxylic acids is 1. The number of aliphatic hydroxyl groups excluding tert-OH is 2. The number of ketones is 1. The number of allylic oxidation sites excluding steroid dienone is 2. The predicted octanol–water partition coefficient (Wildman–Crippen LogP) is 5.20. The van der Waals surface area contributed by atoms with Gasteiger partial charge in [0, 0.05) is 24.2 Å². The number of hydrogen-bond acceptors (Lipinski definition) is 4. The monoisotopic (exact) mass is 446 g/mol. The third-order valence-electron chi connectivity index (χ3n) is 8.64. The highest BCUT2D eigenvalue weighted by Gasteiger charge is 2.56. The molecule has 0 bridgehead atoms. The molecule has 0 amide bonds. The first-order valence-electron chi connectivity index (χ1n) is 12.7. The minimum Gasteiger partial charge on any atom is -0.481 e. The van der Waals surface area contributed by atoms with Gasteiger partial charge in [0.2, 0.25) is 0 Å². The van der Waals surface area contributed by atoms with Crippen LogP contribution in [0.1, 0.15) is 96.8 Å². The van der Waals surface area contributed by atoms with E-state index >= 15 is 0 Å². The van der Waals surface area contributed by atoms with Crippen LogP contribution in [0.4, 0.5) is 0 Å². The largest absolute Gasteiger partial charge is 0.481 e. The summed E-state index contributed by atoms with van der Waals surface area (Å²) in [4.78, 5) is 24.1. The van der Waals surface area contributed by atoms with E-state index in [9.17, 15) is 19.8 Å². The fourth-order valence-electron chi connectivity index (χ4n) is 6.34. The van der Waals surface area contributed by atoms with Crippen LogP contribution in [0, 0.1) is 22.7 Å². The van der Waals surface area contributed by atoms with Crippen LogP contribution in [0.25, 0.3) is 0 Å². The summed E-state index contributed by atoms with van der Waals surface area (Å²) in [5.41, 5.74) is -0.571. The lowest BCUT2D eigenvalue weighted by Gasteiger charge is -2.43. The van der Waals surface area contributed by atoms with E-state index in [0.717, 1.165) is 38.5 Å². The summed E-state index contributed by atoms with van der Waals surface area (Å²) in [7, 11) is 0. The minimum absolute atomic E-state index is 0.00754. The van der Waals surface area contributed by atoms with E-state index in [-0.39, 0.29) is 42.0 Å². The summed E-state index contributed by atoms with van der Waals surface area (Å²) >= 11 is 0. The molecule has 0 spiro atoms. The second-order valence-corrected chi connectivity index (χ2v) is 10.7. The molecule has 3 fully saturated rings.